The molecule has 24 heavy (non-hydrogen) atoms. The van der Waals surface area contributed by atoms with E-state index in [-0.39, 0.29) is 12.0 Å². The molecule has 0 bridgehead atoms. The number of hydrogen-bond acceptors (Lipinski definition) is 3. The fourth-order valence-electron chi connectivity index (χ4n) is 2.73. The molecule has 2 N–H and O–H groups in total. The summed E-state index contributed by atoms with van der Waals surface area (Å²) in [4.78, 5) is 13.8. The van der Waals surface area contributed by atoms with Crippen molar-refractivity contribution in [3.05, 3.63) is 35.4 Å². The van der Waals surface area contributed by atoms with Gasteiger partial charge in [-0.25, -0.2) is 4.79 Å². The van der Waals surface area contributed by atoms with E-state index in [2.05, 4.69) is 0 Å². The molecule has 1 aliphatic rings. The van der Waals surface area contributed by atoms with Crippen molar-refractivity contribution >= 4 is 6.09 Å². The molecule has 0 aliphatic carbocycles. The molecule has 0 unspecified atom stereocenters. The molecule has 134 valence electrons. The maximum Gasteiger partial charge on any atom is 0.416 e. The number of likely N-dealkylation sites (tertiary alicyclic amines) is 1. The maximum atomic E-state index is 12.7. The summed E-state index contributed by atoms with van der Waals surface area (Å²) in [6, 6.07) is 4.77. The second-order valence-corrected chi connectivity index (χ2v) is 7.11. The van der Waals surface area contributed by atoms with Crippen LogP contribution in [0.1, 0.15) is 44.2 Å². The average molecular weight is 344 g/mol. The topological polar surface area (TPSA) is 55.6 Å². The first kappa shape index (κ1) is 18.6. The highest BCUT2D eigenvalue weighted by Crippen LogP contribution is 2.32. The van der Waals surface area contributed by atoms with Gasteiger partial charge >= 0.3 is 12.3 Å². The molecular weight excluding hydrogens is 321 g/mol. The van der Waals surface area contributed by atoms with Crippen molar-refractivity contribution in [2.75, 3.05) is 13.1 Å². The predicted octanol–water partition coefficient (Wildman–Crippen LogP) is 3.76. The predicted molar refractivity (Wildman–Crippen MR) is 84.6 cm³/mol. The molecule has 2 atom stereocenters. The highest BCUT2D eigenvalue weighted by atomic mass is 19.4. The molecule has 0 radical (unpaired) electrons. The Morgan fingerprint density at radius 2 is 1.79 bits per heavy atom. The fraction of sp³-hybridized carbons (Fsp3) is 0.588. The molecular formula is C17H23F3N2O2. The van der Waals surface area contributed by atoms with Crippen LogP contribution >= 0.6 is 0 Å². The molecule has 1 aliphatic heterocycles. The molecule has 1 amide bonds. The summed E-state index contributed by atoms with van der Waals surface area (Å²) in [6.07, 6.45) is -4.22. The van der Waals surface area contributed by atoms with Crippen LogP contribution in [0.25, 0.3) is 0 Å². The van der Waals surface area contributed by atoms with E-state index >= 15 is 0 Å². The highest BCUT2D eigenvalue weighted by Gasteiger charge is 2.34. The Labute approximate surface area is 139 Å². The third kappa shape index (κ3) is 4.63. The Hall–Kier alpha value is -1.76. The summed E-state index contributed by atoms with van der Waals surface area (Å²) < 4.78 is 43.4. The summed E-state index contributed by atoms with van der Waals surface area (Å²) in [5.74, 6) is -0.214. The van der Waals surface area contributed by atoms with Crippen LogP contribution in [0.4, 0.5) is 18.0 Å². The van der Waals surface area contributed by atoms with Gasteiger partial charge in [0, 0.05) is 25.0 Å². The number of ether oxygens (including phenoxy) is 1. The van der Waals surface area contributed by atoms with Gasteiger partial charge in [-0.2, -0.15) is 13.2 Å². The minimum Gasteiger partial charge on any atom is -0.444 e. The van der Waals surface area contributed by atoms with E-state index in [1.54, 1.807) is 25.7 Å². The minimum absolute atomic E-state index is 0.208. The number of nitrogens with zero attached hydrogens (tertiary/aromatic N) is 1. The van der Waals surface area contributed by atoms with Crippen molar-refractivity contribution in [3.63, 3.8) is 0 Å². The van der Waals surface area contributed by atoms with Crippen molar-refractivity contribution in [3.8, 4) is 0 Å². The van der Waals surface area contributed by atoms with E-state index < -0.39 is 23.4 Å². The van der Waals surface area contributed by atoms with Gasteiger partial charge in [-0.3, -0.25) is 0 Å². The van der Waals surface area contributed by atoms with E-state index in [1.807, 2.05) is 0 Å². The van der Waals surface area contributed by atoms with E-state index in [0.717, 1.165) is 12.1 Å². The third-order valence-corrected chi connectivity index (χ3v) is 3.98. The summed E-state index contributed by atoms with van der Waals surface area (Å²) >= 11 is 0. The number of rotatable bonds is 1. The number of amides is 1. The zero-order valence-electron chi connectivity index (χ0n) is 14.1. The molecule has 7 heteroatoms. The largest absolute Gasteiger partial charge is 0.444 e. The van der Waals surface area contributed by atoms with Gasteiger partial charge in [0.05, 0.1) is 5.56 Å². The smallest absolute Gasteiger partial charge is 0.416 e. The Kier molecular flexibility index (Phi) is 5.13. The van der Waals surface area contributed by atoms with Gasteiger partial charge in [-0.15, -0.1) is 0 Å². The van der Waals surface area contributed by atoms with Gasteiger partial charge in [0.25, 0.3) is 0 Å². The number of carbonyl (C=O) groups is 1. The lowest BCUT2D eigenvalue weighted by Crippen LogP contribution is -2.49. The summed E-state index contributed by atoms with van der Waals surface area (Å²) in [5, 5.41) is 0. The SMILES string of the molecule is CC(C)(C)OC(=O)N1CC[C@@H](N)[C@H](c2ccc(C(F)(F)F)cc2)C1. The molecule has 1 aromatic rings. The van der Waals surface area contributed by atoms with Crippen LogP contribution in [0.2, 0.25) is 0 Å². The van der Waals surface area contributed by atoms with Crippen LogP contribution in [0.15, 0.2) is 24.3 Å². The van der Waals surface area contributed by atoms with Crippen LogP contribution in [0.5, 0.6) is 0 Å². The summed E-state index contributed by atoms with van der Waals surface area (Å²) in [5.41, 5.74) is 5.53. The first-order valence-corrected chi connectivity index (χ1v) is 7.88. The van der Waals surface area contributed by atoms with Crippen molar-refractivity contribution in [2.45, 2.75) is 50.9 Å². The zero-order chi connectivity index (χ0) is 18.1. The molecule has 1 heterocycles. The number of nitrogens with two attached hydrogens (primary N) is 1. The lowest BCUT2D eigenvalue weighted by molar-refractivity contribution is -0.137. The van der Waals surface area contributed by atoms with Crippen molar-refractivity contribution in [1.82, 2.24) is 4.90 Å². The first-order valence-electron chi connectivity index (χ1n) is 7.88. The maximum absolute atomic E-state index is 12.7. The molecule has 1 fully saturated rings. The Morgan fingerprint density at radius 3 is 2.29 bits per heavy atom. The van der Waals surface area contributed by atoms with E-state index in [0.29, 0.717) is 25.1 Å². The molecule has 0 saturated carbocycles. The average Bonchev–Trinajstić information content (AvgIpc) is 2.45. The Bertz CT molecular complexity index is 579. The molecule has 1 saturated heterocycles. The van der Waals surface area contributed by atoms with E-state index in [9.17, 15) is 18.0 Å². The number of piperidine rings is 1. The lowest BCUT2D eigenvalue weighted by atomic mass is 9.86. The normalized spacial score (nSPS) is 22.4. The monoisotopic (exact) mass is 344 g/mol. The van der Waals surface area contributed by atoms with Gasteiger partial charge < -0.3 is 15.4 Å². The molecule has 4 nitrogen and oxygen atoms in total. The number of benzene rings is 1. The summed E-state index contributed by atoms with van der Waals surface area (Å²) in [6.45, 7) is 6.17. The van der Waals surface area contributed by atoms with Crippen LogP contribution in [0, 0.1) is 0 Å². The standard InChI is InChI=1S/C17H23F3N2O2/c1-16(2,3)24-15(23)22-9-8-14(21)13(10-22)11-4-6-12(7-5-11)17(18,19)20/h4-7,13-14H,8-10,21H2,1-3H3/t13-,14+/m0/s1. The second kappa shape index (κ2) is 6.63. The number of halogens is 3. The molecule has 1 aromatic carbocycles. The van der Waals surface area contributed by atoms with Crippen LogP contribution in [-0.2, 0) is 10.9 Å². The quantitative estimate of drug-likeness (QED) is 0.844. The second-order valence-electron chi connectivity index (χ2n) is 7.11. The Morgan fingerprint density at radius 1 is 1.21 bits per heavy atom. The Balaban J connectivity index is 2.12. The molecule has 0 spiro atoms. The van der Waals surface area contributed by atoms with Crippen LogP contribution in [-0.4, -0.2) is 35.7 Å². The minimum atomic E-state index is -4.37. The van der Waals surface area contributed by atoms with Crippen LogP contribution < -0.4 is 5.73 Å². The van der Waals surface area contributed by atoms with E-state index in [4.69, 9.17) is 10.5 Å². The number of carbonyl (C=O) groups excluding carboxylic acids is 1. The van der Waals surface area contributed by atoms with Gasteiger partial charge in [0.15, 0.2) is 0 Å². The first-order chi connectivity index (χ1) is 11.0. The summed E-state index contributed by atoms with van der Waals surface area (Å²) in [7, 11) is 0. The molecule has 0 aromatic heterocycles. The zero-order valence-corrected chi connectivity index (χ0v) is 14.1. The van der Waals surface area contributed by atoms with Crippen molar-refractivity contribution < 1.29 is 22.7 Å². The van der Waals surface area contributed by atoms with Crippen LogP contribution in [0.3, 0.4) is 0 Å². The van der Waals surface area contributed by atoms with Gasteiger partial charge in [0.1, 0.15) is 5.60 Å². The number of alkyl halides is 3. The highest BCUT2D eigenvalue weighted by molar-refractivity contribution is 5.68. The van der Waals surface area contributed by atoms with Gasteiger partial charge in [-0.05, 0) is 44.9 Å². The number of hydrogen-bond donors (Lipinski definition) is 1. The van der Waals surface area contributed by atoms with Gasteiger partial charge in [0.2, 0.25) is 0 Å². The van der Waals surface area contributed by atoms with Crippen molar-refractivity contribution in [2.24, 2.45) is 5.73 Å². The molecule has 2 rings (SSSR count). The lowest BCUT2D eigenvalue weighted by Gasteiger charge is -2.37. The fourth-order valence-corrected chi connectivity index (χ4v) is 2.73. The van der Waals surface area contributed by atoms with Crippen molar-refractivity contribution in [1.29, 1.82) is 0 Å². The van der Waals surface area contributed by atoms with E-state index in [1.165, 1.54) is 12.1 Å². The van der Waals surface area contributed by atoms with Gasteiger partial charge in [-0.1, -0.05) is 12.1 Å². The third-order valence-electron chi connectivity index (χ3n) is 3.98.